The first kappa shape index (κ1) is 15.9. The number of carbonyl (C=O) groups is 2. The van der Waals surface area contributed by atoms with Crippen molar-refractivity contribution in [2.45, 2.75) is 0 Å². The molecule has 2 amide bonds. The molecule has 3 heterocycles. The molecule has 0 atom stereocenters. The molecule has 1 aromatic heterocycles. The maximum Gasteiger partial charge on any atom is 0.246 e. The van der Waals surface area contributed by atoms with Gasteiger partial charge in [0, 0.05) is 63.0 Å². The first-order valence-corrected chi connectivity index (χ1v) is 8.60. The van der Waals surface area contributed by atoms with Crippen molar-refractivity contribution in [3.05, 3.63) is 23.7 Å². The van der Waals surface area contributed by atoms with E-state index in [1.165, 1.54) is 12.2 Å². The molecule has 0 saturated carbocycles. The Kier molecular flexibility index (Phi) is 5.24. The van der Waals surface area contributed by atoms with Gasteiger partial charge in [0.25, 0.3) is 0 Å². The summed E-state index contributed by atoms with van der Waals surface area (Å²) in [6, 6.07) is 0. The quantitative estimate of drug-likeness (QED) is 0.738. The zero-order valence-corrected chi connectivity index (χ0v) is 13.7. The molecule has 0 aromatic carbocycles. The molecular formula is C15H20N4O3S. The number of aromatic nitrogens is 1. The highest BCUT2D eigenvalue weighted by Crippen LogP contribution is 2.18. The number of nitrogens with zero attached hydrogens (tertiary/aromatic N) is 4. The minimum atomic E-state index is -0.122. The van der Waals surface area contributed by atoms with Crippen LogP contribution in [0, 0.1) is 0 Å². The van der Waals surface area contributed by atoms with Gasteiger partial charge in [-0.3, -0.25) is 9.59 Å². The van der Waals surface area contributed by atoms with E-state index in [-0.39, 0.29) is 11.8 Å². The molecule has 0 aliphatic carbocycles. The number of morpholine rings is 1. The standard InChI is InChI=1S/C15H20N4O3S/c20-13(1-2-14(21)18-8-10-22-11-9-18)17-4-6-19(7-5-17)15-16-3-12-23-15/h1-3,12H,4-11H2/b2-1+. The lowest BCUT2D eigenvalue weighted by atomic mass is 10.3. The zero-order valence-electron chi connectivity index (χ0n) is 12.9. The summed E-state index contributed by atoms with van der Waals surface area (Å²) in [5, 5.41) is 2.95. The average Bonchev–Trinajstić information content (AvgIpc) is 3.15. The van der Waals surface area contributed by atoms with Crippen molar-refractivity contribution < 1.29 is 14.3 Å². The SMILES string of the molecule is O=C(/C=C/C(=O)N1CCN(c2nccs2)CC1)N1CCOCC1. The first-order chi connectivity index (χ1) is 11.2. The number of anilines is 1. The molecule has 3 rings (SSSR count). The van der Waals surface area contributed by atoms with E-state index in [1.807, 2.05) is 5.38 Å². The van der Waals surface area contributed by atoms with Gasteiger partial charge in [0.05, 0.1) is 13.2 Å². The van der Waals surface area contributed by atoms with Crippen molar-refractivity contribution in [2.75, 3.05) is 57.4 Å². The van der Waals surface area contributed by atoms with Crippen LogP contribution in [-0.2, 0) is 14.3 Å². The number of amides is 2. The summed E-state index contributed by atoms with van der Waals surface area (Å²) in [4.78, 5) is 34.1. The van der Waals surface area contributed by atoms with E-state index >= 15 is 0 Å². The highest BCUT2D eigenvalue weighted by molar-refractivity contribution is 7.13. The summed E-state index contributed by atoms with van der Waals surface area (Å²) in [5.74, 6) is -0.228. The lowest BCUT2D eigenvalue weighted by Gasteiger charge is -2.34. The van der Waals surface area contributed by atoms with Crippen molar-refractivity contribution in [3.63, 3.8) is 0 Å². The summed E-state index contributed by atoms with van der Waals surface area (Å²) >= 11 is 1.61. The maximum absolute atomic E-state index is 12.2. The van der Waals surface area contributed by atoms with Gasteiger partial charge in [-0.2, -0.15) is 0 Å². The number of ether oxygens (including phenoxy) is 1. The molecule has 2 aliphatic heterocycles. The van der Waals surface area contributed by atoms with Crippen molar-refractivity contribution >= 4 is 28.3 Å². The van der Waals surface area contributed by atoms with Gasteiger partial charge in [-0.15, -0.1) is 11.3 Å². The number of piperazine rings is 1. The summed E-state index contributed by atoms with van der Waals surface area (Å²) in [7, 11) is 0. The molecule has 2 saturated heterocycles. The van der Waals surface area contributed by atoms with Gasteiger partial charge in [0.15, 0.2) is 5.13 Å². The van der Waals surface area contributed by atoms with Gasteiger partial charge in [0.2, 0.25) is 11.8 Å². The van der Waals surface area contributed by atoms with Crippen LogP contribution in [-0.4, -0.2) is 79.1 Å². The smallest absolute Gasteiger partial charge is 0.246 e. The van der Waals surface area contributed by atoms with Crippen LogP contribution >= 0.6 is 11.3 Å². The second-order valence-electron chi connectivity index (χ2n) is 5.40. The fourth-order valence-corrected chi connectivity index (χ4v) is 3.32. The normalized spacial score (nSPS) is 19.4. The zero-order chi connectivity index (χ0) is 16.1. The molecule has 1 aromatic rings. The fourth-order valence-electron chi connectivity index (χ4n) is 2.63. The van der Waals surface area contributed by atoms with E-state index < -0.39 is 0 Å². The van der Waals surface area contributed by atoms with E-state index in [9.17, 15) is 9.59 Å². The summed E-state index contributed by atoms with van der Waals surface area (Å²) in [6.45, 7) is 5.13. The van der Waals surface area contributed by atoms with Gasteiger partial charge < -0.3 is 19.4 Å². The molecule has 0 radical (unpaired) electrons. The predicted molar refractivity (Wildman–Crippen MR) is 87.4 cm³/mol. The number of hydrogen-bond acceptors (Lipinski definition) is 6. The van der Waals surface area contributed by atoms with Crippen LogP contribution in [0.25, 0.3) is 0 Å². The minimum absolute atomic E-state index is 0.106. The molecule has 0 N–H and O–H groups in total. The van der Waals surface area contributed by atoms with Crippen molar-refractivity contribution in [1.82, 2.24) is 14.8 Å². The molecular weight excluding hydrogens is 316 g/mol. The van der Waals surface area contributed by atoms with Gasteiger partial charge in [-0.05, 0) is 0 Å². The third kappa shape index (κ3) is 4.08. The lowest BCUT2D eigenvalue weighted by Crippen LogP contribution is -2.48. The molecule has 0 spiro atoms. The Balaban J connectivity index is 1.47. The van der Waals surface area contributed by atoms with Crippen molar-refractivity contribution in [1.29, 1.82) is 0 Å². The molecule has 2 aliphatic rings. The molecule has 7 nitrogen and oxygen atoms in total. The third-order valence-electron chi connectivity index (χ3n) is 3.97. The minimum Gasteiger partial charge on any atom is -0.378 e. The van der Waals surface area contributed by atoms with Crippen LogP contribution in [0.2, 0.25) is 0 Å². The van der Waals surface area contributed by atoms with E-state index in [2.05, 4.69) is 9.88 Å². The Morgan fingerprint density at radius 2 is 1.61 bits per heavy atom. The van der Waals surface area contributed by atoms with Crippen LogP contribution in [0.4, 0.5) is 5.13 Å². The van der Waals surface area contributed by atoms with Crippen LogP contribution in [0.1, 0.15) is 0 Å². The Morgan fingerprint density at radius 1 is 1.00 bits per heavy atom. The lowest BCUT2D eigenvalue weighted by molar-refractivity contribution is -0.131. The van der Waals surface area contributed by atoms with Crippen LogP contribution in [0.15, 0.2) is 23.7 Å². The molecule has 0 bridgehead atoms. The van der Waals surface area contributed by atoms with E-state index in [4.69, 9.17) is 4.74 Å². The van der Waals surface area contributed by atoms with Gasteiger partial charge >= 0.3 is 0 Å². The maximum atomic E-state index is 12.2. The van der Waals surface area contributed by atoms with Crippen LogP contribution < -0.4 is 4.90 Å². The molecule has 2 fully saturated rings. The number of rotatable bonds is 3. The molecule has 8 heteroatoms. The monoisotopic (exact) mass is 336 g/mol. The topological polar surface area (TPSA) is 66.0 Å². The van der Waals surface area contributed by atoms with E-state index in [0.29, 0.717) is 39.4 Å². The number of thiazole rings is 1. The highest BCUT2D eigenvalue weighted by Gasteiger charge is 2.21. The summed E-state index contributed by atoms with van der Waals surface area (Å²) < 4.78 is 5.21. The Labute approximate surface area is 139 Å². The Morgan fingerprint density at radius 3 is 2.17 bits per heavy atom. The van der Waals surface area contributed by atoms with Gasteiger partial charge in [-0.25, -0.2) is 4.98 Å². The summed E-state index contributed by atoms with van der Waals surface area (Å²) in [5.41, 5.74) is 0. The average molecular weight is 336 g/mol. The fraction of sp³-hybridized carbons (Fsp3) is 0.533. The van der Waals surface area contributed by atoms with E-state index in [1.54, 1.807) is 27.3 Å². The highest BCUT2D eigenvalue weighted by atomic mass is 32.1. The van der Waals surface area contributed by atoms with E-state index in [0.717, 1.165) is 18.2 Å². The predicted octanol–water partition coefficient (Wildman–Crippen LogP) is 0.207. The number of carbonyl (C=O) groups excluding carboxylic acids is 2. The van der Waals surface area contributed by atoms with Crippen LogP contribution in [0.3, 0.4) is 0 Å². The second kappa shape index (κ2) is 7.56. The third-order valence-corrected chi connectivity index (χ3v) is 4.80. The Bertz CT molecular complexity index is 561. The number of hydrogen-bond donors (Lipinski definition) is 0. The molecule has 23 heavy (non-hydrogen) atoms. The van der Waals surface area contributed by atoms with Gasteiger partial charge in [-0.1, -0.05) is 0 Å². The van der Waals surface area contributed by atoms with Crippen molar-refractivity contribution in [3.8, 4) is 0 Å². The molecule has 0 unspecified atom stereocenters. The van der Waals surface area contributed by atoms with Gasteiger partial charge in [0.1, 0.15) is 0 Å². The van der Waals surface area contributed by atoms with Crippen molar-refractivity contribution in [2.24, 2.45) is 0 Å². The van der Waals surface area contributed by atoms with Crippen LogP contribution in [0.5, 0.6) is 0 Å². The first-order valence-electron chi connectivity index (χ1n) is 7.72. The summed E-state index contributed by atoms with van der Waals surface area (Å²) in [6.07, 6.45) is 4.55. The Hall–Kier alpha value is -1.93. The molecule has 124 valence electrons. The second-order valence-corrected chi connectivity index (χ2v) is 6.27. The largest absolute Gasteiger partial charge is 0.378 e.